The van der Waals surface area contributed by atoms with Gasteiger partial charge in [-0.25, -0.2) is 28.1 Å². The summed E-state index contributed by atoms with van der Waals surface area (Å²) in [5.74, 6) is 0.321. The fraction of sp³-hybridized carbons (Fsp3) is 0.222. The number of guanidine groups is 1. The van der Waals surface area contributed by atoms with E-state index in [-0.39, 0.29) is 16.8 Å². The van der Waals surface area contributed by atoms with E-state index in [1.807, 2.05) is 19.9 Å². The van der Waals surface area contributed by atoms with Gasteiger partial charge in [0.2, 0.25) is 11.9 Å². The van der Waals surface area contributed by atoms with Crippen molar-refractivity contribution in [2.24, 2.45) is 4.99 Å². The van der Waals surface area contributed by atoms with Gasteiger partial charge in [0, 0.05) is 36.2 Å². The molecule has 0 aliphatic carbocycles. The summed E-state index contributed by atoms with van der Waals surface area (Å²) >= 11 is 0. The molecule has 0 aliphatic rings. The van der Waals surface area contributed by atoms with Crippen molar-refractivity contribution in [1.82, 2.24) is 24.7 Å². The predicted molar refractivity (Wildman–Crippen MR) is 106 cm³/mol. The van der Waals surface area contributed by atoms with Crippen LogP contribution in [0.25, 0.3) is 0 Å². The minimum Gasteiger partial charge on any atom is -0.348 e. The topological polar surface area (TPSA) is 125 Å². The van der Waals surface area contributed by atoms with E-state index in [9.17, 15) is 8.42 Å². The maximum atomic E-state index is 12.7. The first-order valence-corrected chi connectivity index (χ1v) is 10.1. The number of aliphatic imine (C=N–C) groups is 1. The van der Waals surface area contributed by atoms with E-state index in [0.29, 0.717) is 13.0 Å². The Morgan fingerprint density at radius 1 is 1.14 bits per heavy atom. The molecule has 28 heavy (non-hydrogen) atoms. The number of rotatable bonds is 6. The van der Waals surface area contributed by atoms with Crippen LogP contribution in [0.15, 0.2) is 58.8 Å². The van der Waals surface area contributed by atoms with Crippen LogP contribution in [0, 0.1) is 13.8 Å². The molecule has 3 aromatic rings. The molecule has 0 radical (unpaired) electrons. The largest absolute Gasteiger partial charge is 0.348 e. The highest BCUT2D eigenvalue weighted by Crippen LogP contribution is 2.09. The zero-order valence-corrected chi connectivity index (χ0v) is 16.4. The van der Waals surface area contributed by atoms with Gasteiger partial charge in [0.05, 0.1) is 11.2 Å². The van der Waals surface area contributed by atoms with Gasteiger partial charge in [0.15, 0.2) is 0 Å². The molecule has 0 aliphatic heterocycles. The molecule has 9 nitrogen and oxygen atoms in total. The summed E-state index contributed by atoms with van der Waals surface area (Å²) in [6.45, 7) is 4.01. The zero-order chi connectivity index (χ0) is 20.0. The number of benzene rings is 1. The Kier molecular flexibility index (Phi) is 5.99. The number of nitrogens with one attached hydrogen (secondary N) is 3. The highest BCUT2D eigenvalue weighted by Gasteiger charge is 2.17. The first-order chi connectivity index (χ1) is 13.4. The van der Waals surface area contributed by atoms with Gasteiger partial charge in [-0.05, 0) is 32.0 Å². The summed E-state index contributed by atoms with van der Waals surface area (Å²) in [5.41, 5.74) is 2.42. The number of hydrogen-bond acceptors (Lipinski definition) is 6. The molecule has 0 bridgehead atoms. The molecule has 0 saturated heterocycles. The van der Waals surface area contributed by atoms with E-state index in [2.05, 4.69) is 35.0 Å². The maximum absolute atomic E-state index is 12.7. The molecule has 0 unspecified atom stereocenters. The minimum atomic E-state index is -3.80. The average molecular weight is 399 g/mol. The van der Waals surface area contributed by atoms with Crippen LogP contribution in [0.2, 0.25) is 0 Å². The summed E-state index contributed by atoms with van der Waals surface area (Å²) in [7, 11) is -3.80. The predicted octanol–water partition coefficient (Wildman–Crippen LogP) is 1.81. The van der Waals surface area contributed by atoms with E-state index in [1.165, 1.54) is 12.1 Å². The summed E-state index contributed by atoms with van der Waals surface area (Å²) in [6.07, 6.45) is 3.86. The lowest BCUT2D eigenvalue weighted by atomic mass is 10.3. The van der Waals surface area contributed by atoms with Gasteiger partial charge in [0.1, 0.15) is 0 Å². The third-order valence-corrected chi connectivity index (χ3v) is 5.06. The number of H-pyrrole nitrogens is 1. The van der Waals surface area contributed by atoms with Crippen LogP contribution in [-0.2, 0) is 16.4 Å². The Hall–Kier alpha value is -3.27. The van der Waals surface area contributed by atoms with Crippen molar-refractivity contribution in [3.05, 3.63) is 66.0 Å². The number of aromatic nitrogens is 4. The fourth-order valence-corrected chi connectivity index (χ4v) is 3.48. The van der Waals surface area contributed by atoms with Gasteiger partial charge in [0.25, 0.3) is 10.0 Å². The monoisotopic (exact) mass is 399 g/mol. The molecule has 2 heterocycles. The Morgan fingerprint density at radius 3 is 2.50 bits per heavy atom. The first-order valence-electron chi connectivity index (χ1n) is 8.61. The lowest BCUT2D eigenvalue weighted by Crippen LogP contribution is -2.36. The van der Waals surface area contributed by atoms with Crippen molar-refractivity contribution >= 4 is 21.9 Å². The Balaban J connectivity index is 1.82. The molecule has 0 atom stereocenters. The highest BCUT2D eigenvalue weighted by atomic mass is 32.2. The Bertz CT molecular complexity index is 1030. The molecule has 0 saturated carbocycles. The number of aryl methyl sites for hydroxylation is 2. The highest BCUT2D eigenvalue weighted by molar-refractivity contribution is 7.90. The number of nitrogens with zero attached hydrogens (tertiary/aromatic N) is 4. The molecule has 0 fully saturated rings. The van der Waals surface area contributed by atoms with Crippen molar-refractivity contribution in [1.29, 1.82) is 0 Å². The van der Waals surface area contributed by atoms with Crippen LogP contribution < -0.4 is 10.0 Å². The fourth-order valence-electron chi connectivity index (χ4n) is 2.48. The van der Waals surface area contributed by atoms with Gasteiger partial charge < -0.3 is 4.98 Å². The van der Waals surface area contributed by atoms with Crippen LogP contribution in [0.4, 0.5) is 5.95 Å². The lowest BCUT2D eigenvalue weighted by Gasteiger charge is -2.13. The molecule has 0 amide bonds. The summed E-state index contributed by atoms with van der Waals surface area (Å²) in [4.78, 5) is 20.0. The molecule has 2 aromatic heterocycles. The van der Waals surface area contributed by atoms with Crippen LogP contribution in [0.5, 0.6) is 0 Å². The van der Waals surface area contributed by atoms with E-state index < -0.39 is 10.0 Å². The Labute approximate surface area is 163 Å². The van der Waals surface area contributed by atoms with Gasteiger partial charge >= 0.3 is 0 Å². The summed E-state index contributed by atoms with van der Waals surface area (Å²) in [5, 5.41) is 2.88. The molecule has 3 N–H and O–H groups in total. The third kappa shape index (κ3) is 5.36. The Morgan fingerprint density at radius 2 is 1.86 bits per heavy atom. The second-order valence-corrected chi connectivity index (χ2v) is 7.76. The molecule has 3 rings (SSSR count). The summed E-state index contributed by atoms with van der Waals surface area (Å²) < 4.78 is 27.8. The van der Waals surface area contributed by atoms with E-state index in [0.717, 1.165) is 17.1 Å². The molecular formula is C18H21N7O2S. The first kappa shape index (κ1) is 19.5. The number of anilines is 1. The van der Waals surface area contributed by atoms with Gasteiger partial charge in [-0.1, -0.05) is 18.2 Å². The molecular weight excluding hydrogens is 378 g/mol. The van der Waals surface area contributed by atoms with Crippen LogP contribution in [-0.4, -0.2) is 40.9 Å². The quantitative estimate of drug-likeness (QED) is 0.429. The second-order valence-electron chi connectivity index (χ2n) is 6.08. The van der Waals surface area contributed by atoms with Crippen molar-refractivity contribution in [2.45, 2.75) is 25.2 Å². The zero-order valence-electron chi connectivity index (χ0n) is 15.5. The maximum Gasteiger partial charge on any atom is 0.264 e. The average Bonchev–Trinajstić information content (AvgIpc) is 3.15. The van der Waals surface area contributed by atoms with Crippen LogP contribution in [0.3, 0.4) is 0 Å². The van der Waals surface area contributed by atoms with Crippen LogP contribution in [0.1, 0.15) is 17.1 Å². The SMILES string of the molecule is Cc1cc(C)nc(NC(=NCCc2cnc[nH]2)NS(=O)(=O)c2ccccc2)n1. The number of sulfonamides is 1. The third-order valence-electron chi connectivity index (χ3n) is 3.70. The number of imidazole rings is 1. The van der Waals surface area contributed by atoms with Crippen molar-refractivity contribution in [3.8, 4) is 0 Å². The molecule has 0 spiro atoms. The van der Waals surface area contributed by atoms with Crippen molar-refractivity contribution < 1.29 is 8.42 Å². The van der Waals surface area contributed by atoms with Gasteiger partial charge in [-0.2, -0.15) is 0 Å². The summed E-state index contributed by atoms with van der Waals surface area (Å²) in [6, 6.07) is 9.91. The second kappa shape index (κ2) is 8.61. The molecule has 1 aromatic carbocycles. The molecule has 146 valence electrons. The lowest BCUT2D eigenvalue weighted by molar-refractivity contribution is 0.592. The minimum absolute atomic E-state index is 0.0494. The number of hydrogen-bond donors (Lipinski definition) is 3. The van der Waals surface area contributed by atoms with E-state index in [4.69, 9.17) is 0 Å². The smallest absolute Gasteiger partial charge is 0.264 e. The van der Waals surface area contributed by atoms with Crippen molar-refractivity contribution in [3.63, 3.8) is 0 Å². The van der Waals surface area contributed by atoms with Gasteiger partial charge in [-0.15, -0.1) is 0 Å². The van der Waals surface area contributed by atoms with Crippen molar-refractivity contribution in [2.75, 3.05) is 11.9 Å². The van der Waals surface area contributed by atoms with Crippen LogP contribution >= 0.6 is 0 Å². The van der Waals surface area contributed by atoms with Gasteiger partial charge in [-0.3, -0.25) is 10.3 Å². The standard InChI is InChI=1S/C18H21N7O2S/c1-13-10-14(2)23-18(22-13)24-17(20-9-8-15-11-19-12-21-15)25-28(26,27)16-6-4-3-5-7-16/h3-7,10-12H,8-9H2,1-2H3,(H,19,21)(H2,20,22,23,24,25). The van der Waals surface area contributed by atoms with E-state index in [1.54, 1.807) is 30.7 Å². The normalized spacial score (nSPS) is 12.0. The number of aromatic amines is 1. The molecule has 10 heteroatoms. The van der Waals surface area contributed by atoms with E-state index >= 15 is 0 Å².